The molecule has 1 saturated heterocycles. The summed E-state index contributed by atoms with van der Waals surface area (Å²) in [5, 5.41) is 3.35. The molecule has 30 heavy (non-hydrogen) atoms. The van der Waals surface area contributed by atoms with Gasteiger partial charge in [-0.25, -0.2) is 0 Å². The Balaban J connectivity index is 1.49. The molecule has 2 heterocycles. The van der Waals surface area contributed by atoms with E-state index in [0.717, 1.165) is 11.3 Å². The molecule has 0 unspecified atom stereocenters. The van der Waals surface area contributed by atoms with Crippen molar-refractivity contribution in [1.82, 2.24) is 4.90 Å². The lowest BCUT2D eigenvalue weighted by Crippen LogP contribution is -2.53. The number of fused-ring (bicyclic) bond motifs is 1. The molecular formula is C22H24ClN3O4. The van der Waals surface area contributed by atoms with Crippen molar-refractivity contribution in [2.45, 2.75) is 13.0 Å². The SMILES string of the molecule is Cc1ccc(NC(=O)CN2C[C@@H](C(=O)N3CCOCC3)Oc3ccccc32)c(Cl)c1. The smallest absolute Gasteiger partial charge is 0.265 e. The maximum atomic E-state index is 13.0. The number of morpholine rings is 1. The number of ether oxygens (including phenoxy) is 2. The summed E-state index contributed by atoms with van der Waals surface area (Å²) in [7, 11) is 0. The van der Waals surface area contributed by atoms with Crippen molar-refractivity contribution in [3.05, 3.63) is 53.1 Å². The first-order chi connectivity index (χ1) is 14.5. The van der Waals surface area contributed by atoms with Crippen LogP contribution >= 0.6 is 11.6 Å². The van der Waals surface area contributed by atoms with Crippen LogP contribution in [-0.4, -0.2) is 62.2 Å². The summed E-state index contributed by atoms with van der Waals surface area (Å²) in [5.41, 5.74) is 2.37. The Bertz CT molecular complexity index is 946. The van der Waals surface area contributed by atoms with E-state index in [2.05, 4.69) is 5.32 Å². The zero-order chi connectivity index (χ0) is 21.1. The third-order valence-corrected chi connectivity index (χ3v) is 5.51. The van der Waals surface area contributed by atoms with Crippen molar-refractivity contribution in [2.24, 2.45) is 0 Å². The number of hydrogen-bond acceptors (Lipinski definition) is 5. The third kappa shape index (κ3) is 4.52. The molecule has 2 amide bonds. The standard InChI is InChI=1S/C22H24ClN3O4/c1-15-6-7-17(16(23)12-15)24-21(27)14-26-13-20(22(28)25-8-10-29-11-9-25)30-19-5-3-2-4-18(19)26/h2-7,12,20H,8-11,13-14H2,1H3,(H,24,27)/t20-/m0/s1. The van der Waals surface area contributed by atoms with Crippen molar-refractivity contribution in [1.29, 1.82) is 0 Å². The minimum absolute atomic E-state index is 0.0808. The van der Waals surface area contributed by atoms with Crippen LogP contribution in [0.3, 0.4) is 0 Å². The lowest BCUT2D eigenvalue weighted by Gasteiger charge is -2.38. The van der Waals surface area contributed by atoms with E-state index < -0.39 is 6.10 Å². The van der Waals surface area contributed by atoms with Gasteiger partial charge in [-0.3, -0.25) is 9.59 Å². The number of amides is 2. The molecule has 4 rings (SSSR count). The van der Waals surface area contributed by atoms with Crippen LogP contribution in [0.4, 0.5) is 11.4 Å². The topological polar surface area (TPSA) is 71.1 Å². The van der Waals surface area contributed by atoms with Crippen LogP contribution in [-0.2, 0) is 14.3 Å². The van der Waals surface area contributed by atoms with Gasteiger partial charge in [0.1, 0.15) is 5.75 Å². The summed E-state index contributed by atoms with van der Waals surface area (Å²) in [6, 6.07) is 12.9. The van der Waals surface area contributed by atoms with E-state index in [4.69, 9.17) is 21.1 Å². The fourth-order valence-corrected chi connectivity index (χ4v) is 3.94. The number of nitrogens with zero attached hydrogens (tertiary/aromatic N) is 2. The molecule has 8 heteroatoms. The number of nitrogens with one attached hydrogen (secondary N) is 1. The summed E-state index contributed by atoms with van der Waals surface area (Å²) in [5.74, 6) is 0.298. The number of carbonyl (C=O) groups is 2. The highest BCUT2D eigenvalue weighted by Crippen LogP contribution is 2.33. The summed E-state index contributed by atoms with van der Waals surface area (Å²) in [4.78, 5) is 29.3. The van der Waals surface area contributed by atoms with Crippen molar-refractivity contribution < 1.29 is 19.1 Å². The van der Waals surface area contributed by atoms with Gasteiger partial charge >= 0.3 is 0 Å². The third-order valence-electron chi connectivity index (χ3n) is 5.19. The predicted molar refractivity (Wildman–Crippen MR) is 115 cm³/mol. The van der Waals surface area contributed by atoms with Crippen LogP contribution in [0, 0.1) is 6.92 Å². The Hall–Kier alpha value is -2.77. The first-order valence-electron chi connectivity index (χ1n) is 9.94. The second-order valence-electron chi connectivity index (χ2n) is 7.42. The van der Waals surface area contributed by atoms with E-state index in [1.54, 1.807) is 17.0 Å². The van der Waals surface area contributed by atoms with Crippen molar-refractivity contribution in [3.63, 3.8) is 0 Å². The Morgan fingerprint density at radius 2 is 1.93 bits per heavy atom. The number of hydrogen-bond donors (Lipinski definition) is 1. The maximum Gasteiger partial charge on any atom is 0.265 e. The average molecular weight is 430 g/mol. The highest BCUT2D eigenvalue weighted by atomic mass is 35.5. The van der Waals surface area contributed by atoms with E-state index in [1.807, 2.05) is 42.2 Å². The zero-order valence-corrected chi connectivity index (χ0v) is 17.5. The average Bonchev–Trinajstić information content (AvgIpc) is 2.75. The molecule has 158 valence electrons. The molecule has 1 N–H and O–H groups in total. The molecule has 0 saturated carbocycles. The van der Waals surface area contributed by atoms with Gasteiger partial charge in [0, 0.05) is 13.1 Å². The summed E-state index contributed by atoms with van der Waals surface area (Å²) in [6.07, 6.45) is -0.672. The highest BCUT2D eigenvalue weighted by Gasteiger charge is 2.34. The Kier molecular flexibility index (Phi) is 6.11. The molecule has 0 aliphatic carbocycles. The Morgan fingerprint density at radius 1 is 1.17 bits per heavy atom. The Labute approximate surface area is 180 Å². The molecule has 1 fully saturated rings. The fourth-order valence-electron chi connectivity index (χ4n) is 3.66. The van der Waals surface area contributed by atoms with E-state index in [9.17, 15) is 9.59 Å². The number of halogens is 1. The number of anilines is 2. The number of aryl methyl sites for hydroxylation is 1. The Morgan fingerprint density at radius 3 is 2.70 bits per heavy atom. The summed E-state index contributed by atoms with van der Waals surface area (Å²) >= 11 is 6.24. The monoisotopic (exact) mass is 429 g/mol. The van der Waals surface area contributed by atoms with Gasteiger partial charge in [0.15, 0.2) is 6.10 Å². The molecule has 0 aromatic heterocycles. The molecule has 2 aliphatic rings. The molecular weight excluding hydrogens is 406 g/mol. The lowest BCUT2D eigenvalue weighted by molar-refractivity contribution is -0.142. The van der Waals surface area contributed by atoms with Gasteiger partial charge in [-0.05, 0) is 36.8 Å². The first-order valence-corrected chi connectivity index (χ1v) is 10.3. The van der Waals surface area contributed by atoms with Crippen LogP contribution in [0.25, 0.3) is 0 Å². The summed E-state index contributed by atoms with van der Waals surface area (Å²) in [6.45, 7) is 4.46. The molecule has 2 aliphatic heterocycles. The van der Waals surface area contributed by atoms with E-state index in [1.165, 1.54) is 0 Å². The number of benzene rings is 2. The number of carbonyl (C=O) groups excluding carboxylic acids is 2. The van der Waals surface area contributed by atoms with Gasteiger partial charge in [-0.1, -0.05) is 29.8 Å². The predicted octanol–water partition coefficient (Wildman–Crippen LogP) is 2.71. The number of rotatable bonds is 4. The normalized spacial score (nSPS) is 18.4. The molecule has 2 aromatic rings. The minimum atomic E-state index is -0.672. The molecule has 7 nitrogen and oxygen atoms in total. The van der Waals surface area contributed by atoms with Crippen molar-refractivity contribution >= 4 is 34.8 Å². The van der Waals surface area contributed by atoms with Crippen LogP contribution in [0.5, 0.6) is 5.75 Å². The van der Waals surface area contributed by atoms with Gasteiger partial charge < -0.3 is 24.6 Å². The minimum Gasteiger partial charge on any atom is -0.477 e. The van der Waals surface area contributed by atoms with Gasteiger partial charge in [0.05, 0.1) is 42.7 Å². The van der Waals surface area contributed by atoms with E-state index >= 15 is 0 Å². The molecule has 2 aromatic carbocycles. The van der Waals surface area contributed by atoms with Crippen LogP contribution in [0.2, 0.25) is 5.02 Å². The van der Waals surface area contributed by atoms with Gasteiger partial charge in [0.25, 0.3) is 5.91 Å². The van der Waals surface area contributed by atoms with Gasteiger partial charge in [-0.2, -0.15) is 0 Å². The number of para-hydroxylation sites is 2. The summed E-state index contributed by atoms with van der Waals surface area (Å²) < 4.78 is 11.3. The van der Waals surface area contributed by atoms with Gasteiger partial charge in [0.2, 0.25) is 5.91 Å². The van der Waals surface area contributed by atoms with Crippen molar-refractivity contribution in [2.75, 3.05) is 49.6 Å². The molecule has 0 radical (unpaired) electrons. The van der Waals surface area contributed by atoms with Crippen LogP contribution in [0.1, 0.15) is 5.56 Å². The van der Waals surface area contributed by atoms with E-state index in [0.29, 0.717) is 49.3 Å². The van der Waals surface area contributed by atoms with Crippen LogP contribution < -0.4 is 15.0 Å². The first kappa shape index (κ1) is 20.5. The van der Waals surface area contributed by atoms with Crippen LogP contribution in [0.15, 0.2) is 42.5 Å². The highest BCUT2D eigenvalue weighted by molar-refractivity contribution is 6.33. The fraction of sp³-hybridized carbons (Fsp3) is 0.364. The quantitative estimate of drug-likeness (QED) is 0.809. The lowest BCUT2D eigenvalue weighted by atomic mass is 10.1. The molecule has 0 spiro atoms. The van der Waals surface area contributed by atoms with E-state index in [-0.39, 0.29) is 18.4 Å². The van der Waals surface area contributed by atoms with Crippen molar-refractivity contribution in [3.8, 4) is 5.75 Å². The zero-order valence-electron chi connectivity index (χ0n) is 16.8. The second kappa shape index (κ2) is 8.93. The largest absolute Gasteiger partial charge is 0.477 e. The van der Waals surface area contributed by atoms with Gasteiger partial charge in [-0.15, -0.1) is 0 Å². The maximum absolute atomic E-state index is 13.0. The second-order valence-corrected chi connectivity index (χ2v) is 7.83. The molecule has 1 atom stereocenters. The molecule has 0 bridgehead atoms.